The zero-order valence-electron chi connectivity index (χ0n) is 14.4. The van der Waals surface area contributed by atoms with Crippen LogP contribution in [0.3, 0.4) is 0 Å². The largest absolute Gasteiger partial charge is 0.496 e. The zero-order chi connectivity index (χ0) is 18.7. The summed E-state index contributed by atoms with van der Waals surface area (Å²) in [5.74, 6) is 0.841. The van der Waals surface area contributed by atoms with Crippen molar-refractivity contribution in [2.24, 2.45) is 0 Å². The third kappa shape index (κ3) is 4.51. The number of ether oxygens (including phenoxy) is 1. The molecule has 0 amide bonds. The smallest absolute Gasteiger partial charge is 0.416 e. The lowest BCUT2D eigenvalue weighted by Crippen LogP contribution is -2.46. The molecule has 1 heterocycles. The summed E-state index contributed by atoms with van der Waals surface area (Å²) in [6, 6.07) is 11.5. The van der Waals surface area contributed by atoms with Gasteiger partial charge in [-0.05, 0) is 36.4 Å². The van der Waals surface area contributed by atoms with Gasteiger partial charge in [-0.2, -0.15) is 13.2 Å². The molecule has 1 aliphatic rings. The van der Waals surface area contributed by atoms with Gasteiger partial charge < -0.3 is 9.64 Å². The molecule has 140 valence electrons. The minimum absolute atomic E-state index is 0.601. The fourth-order valence-corrected chi connectivity index (χ4v) is 3.56. The summed E-state index contributed by atoms with van der Waals surface area (Å²) in [5.41, 5.74) is 1.12. The summed E-state index contributed by atoms with van der Waals surface area (Å²) >= 11 is 3.48. The molecule has 0 aromatic heterocycles. The van der Waals surface area contributed by atoms with Crippen molar-refractivity contribution >= 4 is 21.6 Å². The SMILES string of the molecule is COc1ccc(Br)cc1CN1CCN(c2cccc(C(F)(F)F)c2)CC1. The quantitative estimate of drug-likeness (QED) is 0.695. The van der Waals surface area contributed by atoms with Gasteiger partial charge in [0.15, 0.2) is 0 Å². The van der Waals surface area contributed by atoms with Crippen LogP contribution < -0.4 is 9.64 Å². The third-order valence-corrected chi connectivity index (χ3v) is 5.04. The number of anilines is 1. The second-order valence-electron chi connectivity index (χ2n) is 6.27. The van der Waals surface area contributed by atoms with Crippen molar-refractivity contribution in [2.45, 2.75) is 12.7 Å². The average molecular weight is 429 g/mol. The molecule has 0 spiro atoms. The molecule has 3 rings (SSSR count). The number of hydrogen-bond acceptors (Lipinski definition) is 3. The Hall–Kier alpha value is -1.73. The standard InChI is InChI=1S/C19H20BrF3N2O/c1-26-18-6-5-16(20)11-14(18)13-24-7-9-25(10-8-24)17-4-2-3-15(12-17)19(21,22)23/h2-6,11-12H,7-10,13H2,1H3. The maximum atomic E-state index is 12.9. The molecular weight excluding hydrogens is 409 g/mol. The van der Waals surface area contributed by atoms with Crippen LogP contribution in [0.5, 0.6) is 5.75 Å². The molecule has 26 heavy (non-hydrogen) atoms. The number of methoxy groups -OCH3 is 1. The van der Waals surface area contributed by atoms with E-state index in [1.807, 2.05) is 23.1 Å². The number of nitrogens with zero attached hydrogens (tertiary/aromatic N) is 2. The lowest BCUT2D eigenvalue weighted by atomic mass is 10.1. The molecule has 0 N–H and O–H groups in total. The van der Waals surface area contributed by atoms with E-state index in [1.165, 1.54) is 12.1 Å². The van der Waals surface area contributed by atoms with E-state index in [2.05, 4.69) is 20.8 Å². The van der Waals surface area contributed by atoms with Crippen molar-refractivity contribution in [1.82, 2.24) is 4.90 Å². The lowest BCUT2D eigenvalue weighted by molar-refractivity contribution is -0.137. The van der Waals surface area contributed by atoms with Crippen molar-refractivity contribution < 1.29 is 17.9 Å². The van der Waals surface area contributed by atoms with Crippen LogP contribution in [0.25, 0.3) is 0 Å². The van der Waals surface area contributed by atoms with Crippen LogP contribution in [0.15, 0.2) is 46.9 Å². The normalized spacial score (nSPS) is 16.0. The molecule has 0 bridgehead atoms. The summed E-state index contributed by atoms with van der Waals surface area (Å²) in [5, 5.41) is 0. The molecule has 7 heteroatoms. The first-order chi connectivity index (χ1) is 12.4. The number of benzene rings is 2. The fraction of sp³-hybridized carbons (Fsp3) is 0.368. The average Bonchev–Trinajstić information content (AvgIpc) is 2.62. The maximum absolute atomic E-state index is 12.9. The summed E-state index contributed by atoms with van der Waals surface area (Å²) in [7, 11) is 1.65. The monoisotopic (exact) mass is 428 g/mol. The Labute approximate surface area is 159 Å². The van der Waals surface area contributed by atoms with Gasteiger partial charge in [-0.1, -0.05) is 22.0 Å². The highest BCUT2D eigenvalue weighted by atomic mass is 79.9. The van der Waals surface area contributed by atoms with E-state index in [-0.39, 0.29) is 0 Å². The minimum atomic E-state index is -4.31. The number of hydrogen-bond donors (Lipinski definition) is 0. The van der Waals surface area contributed by atoms with Crippen LogP contribution >= 0.6 is 15.9 Å². The maximum Gasteiger partial charge on any atom is 0.416 e. The van der Waals surface area contributed by atoms with Crippen LogP contribution in [0.4, 0.5) is 18.9 Å². The molecule has 1 saturated heterocycles. The zero-order valence-corrected chi connectivity index (χ0v) is 16.0. The molecule has 0 unspecified atom stereocenters. The second kappa shape index (κ2) is 7.88. The van der Waals surface area contributed by atoms with Gasteiger partial charge in [0.25, 0.3) is 0 Å². The molecular formula is C19H20BrF3N2O. The molecule has 0 saturated carbocycles. The fourth-order valence-electron chi connectivity index (χ4n) is 3.15. The van der Waals surface area contributed by atoms with Gasteiger partial charge in [0.05, 0.1) is 12.7 Å². The summed E-state index contributed by atoms with van der Waals surface area (Å²) in [6.07, 6.45) is -4.31. The molecule has 0 radical (unpaired) electrons. The molecule has 1 fully saturated rings. The van der Waals surface area contributed by atoms with Gasteiger partial charge in [0.1, 0.15) is 5.75 Å². The third-order valence-electron chi connectivity index (χ3n) is 4.55. The van der Waals surface area contributed by atoms with Crippen LogP contribution in [0.2, 0.25) is 0 Å². The summed E-state index contributed by atoms with van der Waals surface area (Å²) < 4.78 is 45.1. The molecule has 2 aromatic carbocycles. The van der Waals surface area contributed by atoms with Gasteiger partial charge in [0.2, 0.25) is 0 Å². The van der Waals surface area contributed by atoms with Gasteiger partial charge in [-0.25, -0.2) is 0 Å². The lowest BCUT2D eigenvalue weighted by Gasteiger charge is -2.36. The van der Waals surface area contributed by atoms with Crippen molar-refractivity contribution in [3.63, 3.8) is 0 Å². The Morgan fingerprint density at radius 3 is 2.42 bits per heavy atom. The van der Waals surface area contributed by atoms with E-state index >= 15 is 0 Å². The highest BCUT2D eigenvalue weighted by Crippen LogP contribution is 2.32. The van der Waals surface area contributed by atoms with E-state index in [0.29, 0.717) is 18.8 Å². The Kier molecular flexibility index (Phi) is 5.77. The molecule has 2 aromatic rings. The Balaban J connectivity index is 1.64. The van der Waals surface area contributed by atoms with E-state index in [9.17, 15) is 13.2 Å². The predicted octanol–water partition coefficient (Wildman–Crippen LogP) is 4.80. The Morgan fingerprint density at radius 1 is 1.04 bits per heavy atom. The number of halogens is 4. The highest BCUT2D eigenvalue weighted by Gasteiger charge is 2.31. The number of alkyl halides is 3. The first-order valence-corrected chi connectivity index (χ1v) is 9.13. The number of piperazine rings is 1. The van der Waals surface area contributed by atoms with Gasteiger partial charge in [0, 0.05) is 48.4 Å². The number of rotatable bonds is 4. The van der Waals surface area contributed by atoms with Crippen LogP contribution in [0.1, 0.15) is 11.1 Å². The van der Waals surface area contributed by atoms with E-state index < -0.39 is 11.7 Å². The second-order valence-corrected chi connectivity index (χ2v) is 7.18. The van der Waals surface area contributed by atoms with Gasteiger partial charge in [-0.15, -0.1) is 0 Å². The molecule has 0 atom stereocenters. The van der Waals surface area contributed by atoms with Crippen molar-refractivity contribution in [1.29, 1.82) is 0 Å². The Morgan fingerprint density at radius 2 is 1.77 bits per heavy atom. The van der Waals surface area contributed by atoms with Crippen molar-refractivity contribution in [3.8, 4) is 5.75 Å². The molecule has 0 aliphatic carbocycles. The predicted molar refractivity (Wildman–Crippen MR) is 99.6 cm³/mol. The van der Waals surface area contributed by atoms with E-state index in [4.69, 9.17) is 4.74 Å². The van der Waals surface area contributed by atoms with Crippen LogP contribution in [-0.4, -0.2) is 38.2 Å². The topological polar surface area (TPSA) is 15.7 Å². The molecule has 1 aliphatic heterocycles. The van der Waals surface area contributed by atoms with Crippen molar-refractivity contribution in [2.75, 3.05) is 38.2 Å². The minimum Gasteiger partial charge on any atom is -0.496 e. The van der Waals surface area contributed by atoms with Crippen LogP contribution in [0, 0.1) is 0 Å². The summed E-state index contributed by atoms with van der Waals surface area (Å²) in [6.45, 7) is 3.70. The van der Waals surface area contributed by atoms with E-state index in [1.54, 1.807) is 13.2 Å². The first-order valence-electron chi connectivity index (χ1n) is 8.34. The highest BCUT2D eigenvalue weighted by molar-refractivity contribution is 9.10. The molecule has 3 nitrogen and oxygen atoms in total. The van der Waals surface area contributed by atoms with Crippen LogP contribution in [-0.2, 0) is 12.7 Å². The van der Waals surface area contributed by atoms with Gasteiger partial charge in [-0.3, -0.25) is 4.90 Å². The van der Waals surface area contributed by atoms with Crippen molar-refractivity contribution in [3.05, 3.63) is 58.1 Å². The Bertz CT molecular complexity index is 759. The summed E-state index contributed by atoms with van der Waals surface area (Å²) in [4.78, 5) is 4.29. The first kappa shape index (κ1) is 19.0. The van der Waals surface area contributed by atoms with E-state index in [0.717, 1.165) is 41.5 Å². The van der Waals surface area contributed by atoms with Gasteiger partial charge >= 0.3 is 6.18 Å².